The van der Waals surface area contributed by atoms with Crippen LogP contribution in [0.1, 0.15) is 20.3 Å². The van der Waals surface area contributed by atoms with E-state index in [1.165, 1.54) is 0 Å². The summed E-state index contributed by atoms with van der Waals surface area (Å²) >= 11 is 0. The van der Waals surface area contributed by atoms with Crippen LogP contribution in [0.3, 0.4) is 0 Å². The second-order valence-electron chi connectivity index (χ2n) is 2.20. The average Bonchev–Trinajstić information content (AvgIpc) is 1.84. The zero-order chi connectivity index (χ0) is 7.44. The number of amides is 1. The van der Waals surface area contributed by atoms with Crippen LogP contribution < -0.4 is 5.73 Å². The van der Waals surface area contributed by atoms with Crippen LogP contribution in [0.4, 0.5) is 0 Å². The van der Waals surface area contributed by atoms with Gasteiger partial charge in [0, 0.05) is 5.57 Å². The van der Waals surface area contributed by atoms with E-state index in [2.05, 4.69) is 6.58 Å². The van der Waals surface area contributed by atoms with Crippen molar-refractivity contribution in [2.45, 2.75) is 20.3 Å². The molecule has 52 valence electrons. The van der Waals surface area contributed by atoms with E-state index in [1.807, 2.05) is 13.8 Å². The predicted octanol–water partition coefficient (Wildman–Crippen LogP) is 1.07. The smallest absolute Gasteiger partial charge is 0.244 e. The highest BCUT2D eigenvalue weighted by molar-refractivity contribution is 5.91. The molecule has 0 bridgehead atoms. The molecule has 0 aromatic carbocycles. The first-order valence-electron chi connectivity index (χ1n) is 3.08. The second kappa shape index (κ2) is 3.28. The first kappa shape index (κ1) is 8.21. The summed E-state index contributed by atoms with van der Waals surface area (Å²) in [7, 11) is 0. The van der Waals surface area contributed by atoms with Gasteiger partial charge in [-0.3, -0.25) is 4.79 Å². The number of hydrogen-bond acceptors (Lipinski definition) is 1. The SMILES string of the molecule is C=C(C(N)=O)[C@H](C)CC. The Labute approximate surface area is 55.7 Å². The average molecular weight is 127 g/mol. The van der Waals surface area contributed by atoms with E-state index >= 15 is 0 Å². The van der Waals surface area contributed by atoms with Crippen molar-refractivity contribution in [1.82, 2.24) is 0 Å². The molecule has 0 aliphatic rings. The van der Waals surface area contributed by atoms with Crippen molar-refractivity contribution in [2.24, 2.45) is 11.7 Å². The lowest BCUT2D eigenvalue weighted by Gasteiger charge is -2.06. The van der Waals surface area contributed by atoms with Gasteiger partial charge in [-0.1, -0.05) is 20.4 Å². The first-order chi connectivity index (χ1) is 4.09. The number of nitrogens with two attached hydrogens (primary N) is 1. The molecule has 2 N–H and O–H groups in total. The van der Waals surface area contributed by atoms with Gasteiger partial charge in [0.2, 0.25) is 5.91 Å². The van der Waals surface area contributed by atoms with Gasteiger partial charge in [-0.2, -0.15) is 0 Å². The van der Waals surface area contributed by atoms with Gasteiger partial charge in [0.05, 0.1) is 0 Å². The molecule has 0 saturated heterocycles. The molecule has 0 aliphatic heterocycles. The normalized spacial score (nSPS) is 12.7. The van der Waals surface area contributed by atoms with E-state index in [9.17, 15) is 4.79 Å². The maximum atomic E-state index is 10.4. The molecule has 0 radical (unpaired) electrons. The Morgan fingerprint density at radius 3 is 2.33 bits per heavy atom. The Kier molecular flexibility index (Phi) is 2.99. The molecule has 2 heteroatoms. The molecule has 0 saturated carbocycles. The molecule has 1 atom stereocenters. The fourth-order valence-corrected chi connectivity index (χ4v) is 0.489. The Bertz CT molecular complexity index is 129. The zero-order valence-corrected chi connectivity index (χ0v) is 5.98. The summed E-state index contributed by atoms with van der Waals surface area (Å²) in [5, 5.41) is 0. The van der Waals surface area contributed by atoms with Crippen molar-refractivity contribution >= 4 is 5.91 Å². The summed E-state index contributed by atoms with van der Waals surface area (Å²) < 4.78 is 0. The van der Waals surface area contributed by atoms with Crippen LogP contribution in [-0.2, 0) is 4.79 Å². The van der Waals surface area contributed by atoms with E-state index in [4.69, 9.17) is 5.73 Å². The standard InChI is InChI=1S/C7H13NO/c1-4-5(2)6(3)7(8)9/h5H,3-4H2,1-2H3,(H2,8,9)/t5-/m1/s1. The Hall–Kier alpha value is -0.790. The lowest BCUT2D eigenvalue weighted by Crippen LogP contribution is -2.17. The first-order valence-corrected chi connectivity index (χ1v) is 3.08. The summed E-state index contributed by atoms with van der Waals surface area (Å²) in [4.78, 5) is 10.4. The van der Waals surface area contributed by atoms with E-state index in [-0.39, 0.29) is 11.8 Å². The molecule has 0 spiro atoms. The van der Waals surface area contributed by atoms with Gasteiger partial charge in [0.15, 0.2) is 0 Å². The highest BCUT2D eigenvalue weighted by Crippen LogP contribution is 2.10. The number of rotatable bonds is 3. The van der Waals surface area contributed by atoms with Gasteiger partial charge in [-0.05, 0) is 12.3 Å². The molecule has 1 amide bonds. The van der Waals surface area contributed by atoms with E-state index in [0.29, 0.717) is 5.57 Å². The van der Waals surface area contributed by atoms with Gasteiger partial charge in [0.1, 0.15) is 0 Å². The van der Waals surface area contributed by atoms with Gasteiger partial charge in [-0.15, -0.1) is 0 Å². The summed E-state index contributed by atoms with van der Waals surface area (Å²) in [5.74, 6) is -0.160. The van der Waals surface area contributed by atoms with Gasteiger partial charge < -0.3 is 5.73 Å². The van der Waals surface area contributed by atoms with Gasteiger partial charge in [0.25, 0.3) is 0 Å². The molecule has 0 fully saturated rings. The highest BCUT2D eigenvalue weighted by Gasteiger charge is 2.07. The molecule has 0 unspecified atom stereocenters. The lowest BCUT2D eigenvalue weighted by atomic mass is 10.00. The number of carbonyl (C=O) groups is 1. The van der Waals surface area contributed by atoms with Crippen molar-refractivity contribution in [2.75, 3.05) is 0 Å². The highest BCUT2D eigenvalue weighted by atomic mass is 16.1. The second-order valence-corrected chi connectivity index (χ2v) is 2.20. The topological polar surface area (TPSA) is 43.1 Å². The minimum Gasteiger partial charge on any atom is -0.366 e. The maximum Gasteiger partial charge on any atom is 0.244 e. The van der Waals surface area contributed by atoms with Gasteiger partial charge in [-0.25, -0.2) is 0 Å². The third-order valence-corrected chi connectivity index (χ3v) is 1.52. The van der Waals surface area contributed by atoms with Crippen LogP contribution >= 0.6 is 0 Å². The largest absolute Gasteiger partial charge is 0.366 e. The minimum absolute atomic E-state index is 0.225. The van der Waals surface area contributed by atoms with Crippen molar-refractivity contribution in [3.8, 4) is 0 Å². The van der Waals surface area contributed by atoms with E-state index in [1.54, 1.807) is 0 Å². The zero-order valence-electron chi connectivity index (χ0n) is 5.98. The van der Waals surface area contributed by atoms with E-state index in [0.717, 1.165) is 6.42 Å². The van der Waals surface area contributed by atoms with Crippen LogP contribution in [0.25, 0.3) is 0 Å². The third kappa shape index (κ3) is 2.31. The Morgan fingerprint density at radius 2 is 2.22 bits per heavy atom. The lowest BCUT2D eigenvalue weighted by molar-refractivity contribution is -0.115. The molecule has 0 aromatic heterocycles. The summed E-state index contributed by atoms with van der Waals surface area (Å²) in [6.07, 6.45) is 0.918. The molecule has 0 aliphatic carbocycles. The number of primary amides is 1. The quantitative estimate of drug-likeness (QED) is 0.566. The number of hydrogen-bond donors (Lipinski definition) is 1. The van der Waals surface area contributed by atoms with Crippen LogP contribution in [-0.4, -0.2) is 5.91 Å². The molecular formula is C7H13NO. The van der Waals surface area contributed by atoms with Crippen molar-refractivity contribution in [3.63, 3.8) is 0 Å². The molecule has 0 heterocycles. The van der Waals surface area contributed by atoms with E-state index < -0.39 is 0 Å². The van der Waals surface area contributed by atoms with Crippen LogP contribution in [0.15, 0.2) is 12.2 Å². The predicted molar refractivity (Wildman–Crippen MR) is 37.8 cm³/mol. The fourth-order valence-electron chi connectivity index (χ4n) is 0.489. The summed E-state index contributed by atoms with van der Waals surface area (Å²) in [6, 6.07) is 0. The van der Waals surface area contributed by atoms with Crippen LogP contribution in [0.5, 0.6) is 0 Å². The molecule has 0 aromatic rings. The van der Waals surface area contributed by atoms with Crippen LogP contribution in [0.2, 0.25) is 0 Å². The minimum atomic E-state index is -0.385. The van der Waals surface area contributed by atoms with Gasteiger partial charge >= 0.3 is 0 Å². The Balaban J connectivity index is 3.88. The molecule has 2 nitrogen and oxygen atoms in total. The van der Waals surface area contributed by atoms with Crippen molar-refractivity contribution in [1.29, 1.82) is 0 Å². The monoisotopic (exact) mass is 127 g/mol. The van der Waals surface area contributed by atoms with Crippen molar-refractivity contribution in [3.05, 3.63) is 12.2 Å². The van der Waals surface area contributed by atoms with Crippen molar-refractivity contribution < 1.29 is 4.79 Å². The summed E-state index contributed by atoms with van der Waals surface area (Å²) in [6.45, 7) is 7.49. The third-order valence-electron chi connectivity index (χ3n) is 1.52. The maximum absolute atomic E-state index is 10.4. The number of carbonyl (C=O) groups excluding carboxylic acids is 1. The summed E-state index contributed by atoms with van der Waals surface area (Å²) in [5.41, 5.74) is 5.50. The molecule has 9 heavy (non-hydrogen) atoms. The molecular weight excluding hydrogens is 114 g/mol. The van der Waals surface area contributed by atoms with Crippen LogP contribution in [0, 0.1) is 5.92 Å². The molecule has 0 rings (SSSR count). The fraction of sp³-hybridized carbons (Fsp3) is 0.571. The Morgan fingerprint density at radius 1 is 1.78 bits per heavy atom.